The second-order valence-corrected chi connectivity index (χ2v) is 9.15. The van der Waals surface area contributed by atoms with Crippen molar-refractivity contribution < 1.29 is 31.8 Å². The molecule has 208 valence electrons. The molecule has 8 nitrogen and oxygen atoms in total. The van der Waals surface area contributed by atoms with Crippen LogP contribution < -0.4 is 15.6 Å². The Bertz CT molecular complexity index is 1600. The predicted octanol–water partition coefficient (Wildman–Crippen LogP) is 4.75. The minimum atomic E-state index is -5.02. The zero-order chi connectivity index (χ0) is 28.4. The average Bonchev–Trinajstić information content (AvgIpc) is 2.94. The summed E-state index contributed by atoms with van der Waals surface area (Å²) in [5.74, 6) is -1.89. The average molecular weight is 557 g/mol. The summed E-state index contributed by atoms with van der Waals surface area (Å²) in [6, 6.07) is 14.4. The number of amides is 1. The SMILES string of the molecule is CC(C(=O)Nc1cc(-n2cnc3c(F)c(-c4ccccc4)ccc3c2=O)ccc1OC(F)(F)F)N1CCOCC1. The third-order valence-electron chi connectivity index (χ3n) is 6.65. The van der Waals surface area contributed by atoms with Gasteiger partial charge in [-0.05, 0) is 36.8 Å². The van der Waals surface area contributed by atoms with E-state index in [2.05, 4.69) is 15.0 Å². The predicted molar refractivity (Wildman–Crippen MR) is 140 cm³/mol. The van der Waals surface area contributed by atoms with Crippen molar-refractivity contribution in [1.82, 2.24) is 14.5 Å². The zero-order valence-corrected chi connectivity index (χ0v) is 21.2. The van der Waals surface area contributed by atoms with Crippen LogP contribution >= 0.6 is 0 Å². The summed E-state index contributed by atoms with van der Waals surface area (Å²) in [6.45, 7) is 3.47. The number of hydrogen-bond acceptors (Lipinski definition) is 6. The van der Waals surface area contributed by atoms with Gasteiger partial charge in [0, 0.05) is 18.7 Å². The van der Waals surface area contributed by atoms with Crippen molar-refractivity contribution in [2.45, 2.75) is 19.3 Å². The minimum Gasteiger partial charge on any atom is -0.404 e. The second-order valence-electron chi connectivity index (χ2n) is 9.15. The molecule has 1 aliphatic rings. The molecule has 1 fully saturated rings. The minimum absolute atomic E-state index is 0.0261. The fourth-order valence-electron chi connectivity index (χ4n) is 4.53. The highest BCUT2D eigenvalue weighted by Crippen LogP contribution is 2.33. The standard InChI is InChI=1S/C28H24F4N4O4/c1-17(35-11-13-39-14-12-35)26(37)34-22-15-19(7-10-23(22)40-28(30,31)32)36-16-33-25-21(27(36)38)9-8-20(24(25)29)18-5-3-2-4-6-18/h2-10,15-17H,11-14H2,1H3,(H,34,37). The van der Waals surface area contributed by atoms with Crippen LogP contribution in [0.1, 0.15) is 6.92 Å². The summed E-state index contributed by atoms with van der Waals surface area (Å²) in [5, 5.41) is 2.46. The van der Waals surface area contributed by atoms with Gasteiger partial charge in [0.15, 0.2) is 11.6 Å². The number of rotatable bonds is 6. The van der Waals surface area contributed by atoms with Crippen LogP contribution in [0.15, 0.2) is 71.8 Å². The fourth-order valence-corrected chi connectivity index (χ4v) is 4.53. The molecular formula is C28H24F4N4O4. The first-order valence-corrected chi connectivity index (χ1v) is 12.4. The lowest BCUT2D eigenvalue weighted by Crippen LogP contribution is -2.47. The molecule has 1 saturated heterocycles. The van der Waals surface area contributed by atoms with Crippen LogP contribution in [-0.4, -0.2) is 59.1 Å². The molecule has 1 unspecified atom stereocenters. The Morgan fingerprint density at radius 1 is 1.07 bits per heavy atom. The van der Waals surface area contributed by atoms with Gasteiger partial charge in [-0.2, -0.15) is 0 Å². The van der Waals surface area contributed by atoms with Crippen molar-refractivity contribution in [3.05, 3.63) is 83.2 Å². The summed E-state index contributed by atoms with van der Waals surface area (Å²) < 4.78 is 65.1. The number of hydrogen-bond donors (Lipinski definition) is 1. The molecule has 1 atom stereocenters. The fraction of sp³-hybridized carbons (Fsp3) is 0.250. The van der Waals surface area contributed by atoms with Crippen LogP contribution in [0, 0.1) is 5.82 Å². The van der Waals surface area contributed by atoms with Crippen LogP contribution in [0.4, 0.5) is 23.2 Å². The maximum atomic E-state index is 15.3. The highest BCUT2D eigenvalue weighted by atomic mass is 19.4. The van der Waals surface area contributed by atoms with E-state index in [0.29, 0.717) is 31.9 Å². The molecule has 12 heteroatoms. The van der Waals surface area contributed by atoms with Crippen LogP contribution in [0.2, 0.25) is 0 Å². The first-order chi connectivity index (χ1) is 19.1. The molecule has 0 bridgehead atoms. The van der Waals surface area contributed by atoms with E-state index in [1.807, 2.05) is 4.90 Å². The van der Waals surface area contributed by atoms with E-state index in [9.17, 15) is 22.8 Å². The Kier molecular flexibility index (Phi) is 7.55. The van der Waals surface area contributed by atoms with Crippen molar-refractivity contribution in [2.75, 3.05) is 31.6 Å². The number of morpholine rings is 1. The van der Waals surface area contributed by atoms with Gasteiger partial charge in [-0.1, -0.05) is 36.4 Å². The van der Waals surface area contributed by atoms with Crippen LogP contribution in [0.3, 0.4) is 0 Å². The zero-order valence-electron chi connectivity index (χ0n) is 21.2. The number of nitrogens with one attached hydrogen (secondary N) is 1. The third kappa shape index (κ3) is 5.68. The van der Waals surface area contributed by atoms with E-state index in [-0.39, 0.29) is 27.8 Å². The number of aromatic nitrogens is 2. The lowest BCUT2D eigenvalue weighted by molar-refractivity contribution is -0.274. The molecule has 1 aromatic heterocycles. The Morgan fingerprint density at radius 3 is 2.50 bits per heavy atom. The van der Waals surface area contributed by atoms with E-state index in [1.54, 1.807) is 37.3 Å². The Hall–Kier alpha value is -4.29. The highest BCUT2D eigenvalue weighted by Gasteiger charge is 2.33. The second kappa shape index (κ2) is 11.1. The van der Waals surface area contributed by atoms with Crippen molar-refractivity contribution in [1.29, 1.82) is 0 Å². The van der Waals surface area contributed by atoms with Gasteiger partial charge < -0.3 is 14.8 Å². The summed E-state index contributed by atoms with van der Waals surface area (Å²) in [4.78, 5) is 32.3. The first-order valence-electron chi connectivity index (χ1n) is 12.4. The van der Waals surface area contributed by atoms with Crippen molar-refractivity contribution in [3.63, 3.8) is 0 Å². The monoisotopic (exact) mass is 556 g/mol. The molecule has 0 radical (unpaired) electrons. The quantitative estimate of drug-likeness (QED) is 0.345. The number of carbonyl (C=O) groups is 1. The number of fused-ring (bicyclic) bond motifs is 1. The molecule has 40 heavy (non-hydrogen) atoms. The van der Waals surface area contributed by atoms with E-state index in [1.165, 1.54) is 24.3 Å². The smallest absolute Gasteiger partial charge is 0.404 e. The normalized spacial score (nSPS) is 15.1. The van der Waals surface area contributed by atoms with Crippen molar-refractivity contribution in [3.8, 4) is 22.6 Å². The molecule has 1 amide bonds. The Labute approximate surface area is 225 Å². The maximum absolute atomic E-state index is 15.3. The van der Waals surface area contributed by atoms with E-state index in [4.69, 9.17) is 4.74 Å². The van der Waals surface area contributed by atoms with Gasteiger partial charge in [-0.3, -0.25) is 19.1 Å². The highest BCUT2D eigenvalue weighted by molar-refractivity contribution is 5.96. The molecule has 5 rings (SSSR count). The van der Waals surface area contributed by atoms with Gasteiger partial charge in [0.25, 0.3) is 5.56 Å². The topological polar surface area (TPSA) is 85.7 Å². The molecule has 4 aromatic rings. The Morgan fingerprint density at radius 2 is 1.80 bits per heavy atom. The van der Waals surface area contributed by atoms with E-state index in [0.717, 1.165) is 17.0 Å². The summed E-state index contributed by atoms with van der Waals surface area (Å²) in [5.41, 5.74) is -0.113. The van der Waals surface area contributed by atoms with E-state index < -0.39 is 35.4 Å². The lowest BCUT2D eigenvalue weighted by atomic mass is 10.0. The summed E-state index contributed by atoms with van der Waals surface area (Å²) in [7, 11) is 0. The number of benzene rings is 3. The molecular weight excluding hydrogens is 532 g/mol. The van der Waals surface area contributed by atoms with Gasteiger partial charge in [-0.15, -0.1) is 13.2 Å². The third-order valence-corrected chi connectivity index (χ3v) is 6.65. The molecule has 2 heterocycles. The number of anilines is 1. The Balaban J connectivity index is 1.52. The molecule has 1 aliphatic heterocycles. The van der Waals surface area contributed by atoms with Gasteiger partial charge in [0.1, 0.15) is 11.8 Å². The number of halogens is 4. The van der Waals surface area contributed by atoms with Gasteiger partial charge in [0.2, 0.25) is 5.91 Å². The number of nitrogens with zero attached hydrogens (tertiary/aromatic N) is 3. The van der Waals surface area contributed by atoms with Gasteiger partial charge in [-0.25, -0.2) is 9.37 Å². The van der Waals surface area contributed by atoms with Crippen LogP contribution in [0.25, 0.3) is 27.7 Å². The number of carbonyl (C=O) groups excluding carboxylic acids is 1. The molecule has 3 aromatic carbocycles. The van der Waals surface area contributed by atoms with Gasteiger partial charge >= 0.3 is 6.36 Å². The molecule has 0 spiro atoms. The van der Waals surface area contributed by atoms with Crippen LogP contribution in [0.5, 0.6) is 5.75 Å². The largest absolute Gasteiger partial charge is 0.573 e. The van der Waals surface area contributed by atoms with Crippen LogP contribution in [-0.2, 0) is 9.53 Å². The molecule has 0 aliphatic carbocycles. The summed E-state index contributed by atoms with van der Waals surface area (Å²) >= 11 is 0. The summed E-state index contributed by atoms with van der Waals surface area (Å²) in [6.07, 6.45) is -3.93. The lowest BCUT2D eigenvalue weighted by Gasteiger charge is -2.31. The van der Waals surface area contributed by atoms with Gasteiger partial charge in [0.05, 0.1) is 36.0 Å². The van der Waals surface area contributed by atoms with Crippen molar-refractivity contribution in [2.24, 2.45) is 0 Å². The maximum Gasteiger partial charge on any atom is 0.573 e. The van der Waals surface area contributed by atoms with E-state index >= 15 is 4.39 Å². The number of alkyl halides is 3. The van der Waals surface area contributed by atoms with Crippen molar-refractivity contribution >= 4 is 22.5 Å². The molecule has 1 N–H and O–H groups in total. The first kappa shape index (κ1) is 27.3. The molecule has 0 saturated carbocycles. The number of ether oxygens (including phenoxy) is 2.